The Morgan fingerprint density at radius 3 is 2.44 bits per heavy atom. The van der Waals surface area contributed by atoms with Crippen LogP contribution in [0.25, 0.3) is 0 Å². The van der Waals surface area contributed by atoms with Gasteiger partial charge in [-0.3, -0.25) is 10.1 Å². The van der Waals surface area contributed by atoms with Crippen LogP contribution in [0.3, 0.4) is 0 Å². The van der Waals surface area contributed by atoms with Crippen molar-refractivity contribution in [1.82, 2.24) is 5.32 Å². The molecule has 27 heavy (non-hydrogen) atoms. The van der Waals surface area contributed by atoms with Crippen molar-refractivity contribution in [2.75, 3.05) is 25.6 Å². The summed E-state index contributed by atoms with van der Waals surface area (Å²) < 4.78 is 28.2. The van der Waals surface area contributed by atoms with Gasteiger partial charge in [-0.25, -0.2) is 13.6 Å². The standard InChI is InChI=1S/C18H23N3O5S/c1-18(12-22,13-6-4-3-5-7-13)20-11-17(23)21-15-10-14(27(19,24)25)8-9-16(15)26-2/h3-10,20,22H,11-12H2,1-2H3,(H,21,23)(H2,19,24,25). The van der Waals surface area contributed by atoms with E-state index in [1.807, 2.05) is 30.3 Å². The van der Waals surface area contributed by atoms with Crippen LogP contribution in [0.1, 0.15) is 12.5 Å². The van der Waals surface area contributed by atoms with E-state index >= 15 is 0 Å². The number of carbonyl (C=O) groups excluding carboxylic acids is 1. The molecule has 0 bridgehead atoms. The average molecular weight is 393 g/mol. The molecule has 0 saturated heterocycles. The smallest absolute Gasteiger partial charge is 0.238 e. The molecule has 0 saturated carbocycles. The van der Waals surface area contributed by atoms with Gasteiger partial charge in [0, 0.05) is 0 Å². The normalized spacial score (nSPS) is 13.6. The van der Waals surface area contributed by atoms with Crippen molar-refractivity contribution in [2.45, 2.75) is 17.4 Å². The number of ether oxygens (including phenoxy) is 1. The summed E-state index contributed by atoms with van der Waals surface area (Å²) in [6, 6.07) is 13.2. The minimum absolute atomic E-state index is 0.116. The SMILES string of the molecule is COc1ccc(S(N)(=O)=O)cc1NC(=O)CNC(C)(CO)c1ccccc1. The number of sulfonamides is 1. The van der Waals surface area contributed by atoms with Crippen LogP contribution in [-0.2, 0) is 20.4 Å². The van der Waals surface area contributed by atoms with Gasteiger partial charge in [-0.15, -0.1) is 0 Å². The van der Waals surface area contributed by atoms with E-state index in [2.05, 4.69) is 10.6 Å². The van der Waals surface area contributed by atoms with Crippen molar-refractivity contribution in [1.29, 1.82) is 0 Å². The molecule has 0 fully saturated rings. The number of aliphatic hydroxyl groups excluding tert-OH is 1. The molecule has 0 spiro atoms. The van der Waals surface area contributed by atoms with Crippen LogP contribution in [0, 0.1) is 0 Å². The molecule has 0 radical (unpaired) electrons. The molecule has 0 aromatic heterocycles. The molecule has 8 nitrogen and oxygen atoms in total. The third kappa shape index (κ3) is 5.27. The van der Waals surface area contributed by atoms with E-state index in [1.54, 1.807) is 6.92 Å². The highest BCUT2D eigenvalue weighted by molar-refractivity contribution is 7.89. The van der Waals surface area contributed by atoms with Crippen LogP contribution in [0.15, 0.2) is 53.4 Å². The number of amides is 1. The van der Waals surface area contributed by atoms with E-state index in [0.717, 1.165) is 5.56 Å². The predicted molar refractivity (Wildman–Crippen MR) is 102 cm³/mol. The van der Waals surface area contributed by atoms with Gasteiger partial charge >= 0.3 is 0 Å². The molecule has 146 valence electrons. The first-order chi connectivity index (χ1) is 12.7. The van der Waals surface area contributed by atoms with Crippen molar-refractivity contribution in [3.05, 3.63) is 54.1 Å². The van der Waals surface area contributed by atoms with Crippen molar-refractivity contribution in [2.24, 2.45) is 5.14 Å². The number of primary sulfonamides is 1. The highest BCUT2D eigenvalue weighted by atomic mass is 32.2. The zero-order valence-electron chi connectivity index (χ0n) is 15.1. The maximum absolute atomic E-state index is 12.3. The summed E-state index contributed by atoms with van der Waals surface area (Å²) in [5.74, 6) is -0.140. The number of methoxy groups -OCH3 is 1. The number of nitrogens with one attached hydrogen (secondary N) is 2. The first kappa shape index (κ1) is 20.8. The maximum Gasteiger partial charge on any atom is 0.238 e. The summed E-state index contributed by atoms with van der Waals surface area (Å²) in [4.78, 5) is 12.2. The van der Waals surface area contributed by atoms with E-state index in [9.17, 15) is 18.3 Å². The van der Waals surface area contributed by atoms with Gasteiger partial charge in [-0.05, 0) is 30.7 Å². The molecule has 0 aliphatic heterocycles. The Hall–Kier alpha value is -2.46. The van der Waals surface area contributed by atoms with Gasteiger partial charge in [0.15, 0.2) is 0 Å². The van der Waals surface area contributed by atoms with Gasteiger partial charge in [0.2, 0.25) is 15.9 Å². The van der Waals surface area contributed by atoms with Crippen molar-refractivity contribution in [3.8, 4) is 5.75 Å². The number of hydrogen-bond acceptors (Lipinski definition) is 6. The number of aliphatic hydroxyl groups is 1. The number of nitrogens with two attached hydrogens (primary N) is 1. The second-order valence-electron chi connectivity index (χ2n) is 6.17. The zero-order chi connectivity index (χ0) is 20.1. The largest absolute Gasteiger partial charge is 0.495 e. The second kappa shape index (κ2) is 8.49. The van der Waals surface area contributed by atoms with Crippen molar-refractivity contribution >= 4 is 21.6 Å². The minimum Gasteiger partial charge on any atom is -0.495 e. The van der Waals surface area contributed by atoms with Crippen LogP contribution in [0.5, 0.6) is 5.75 Å². The molecule has 5 N–H and O–H groups in total. The lowest BCUT2D eigenvalue weighted by atomic mass is 9.93. The summed E-state index contributed by atoms with van der Waals surface area (Å²) >= 11 is 0. The van der Waals surface area contributed by atoms with Gasteiger partial charge in [0.25, 0.3) is 0 Å². The number of benzene rings is 2. The highest BCUT2D eigenvalue weighted by Crippen LogP contribution is 2.27. The van der Waals surface area contributed by atoms with E-state index in [1.165, 1.54) is 25.3 Å². The lowest BCUT2D eigenvalue weighted by Gasteiger charge is -2.29. The van der Waals surface area contributed by atoms with E-state index in [-0.39, 0.29) is 23.7 Å². The molecule has 0 aliphatic carbocycles. The van der Waals surface area contributed by atoms with E-state index < -0.39 is 21.5 Å². The Labute approximate surface area is 158 Å². The molecule has 2 rings (SSSR count). The second-order valence-corrected chi connectivity index (χ2v) is 7.73. The molecule has 1 unspecified atom stereocenters. The van der Waals surface area contributed by atoms with Crippen LogP contribution in [0.4, 0.5) is 5.69 Å². The predicted octanol–water partition coefficient (Wildman–Crippen LogP) is 0.778. The van der Waals surface area contributed by atoms with Crippen LogP contribution < -0.4 is 20.5 Å². The summed E-state index contributed by atoms with van der Waals surface area (Å²) in [6.07, 6.45) is 0. The maximum atomic E-state index is 12.3. The third-order valence-corrected chi connectivity index (χ3v) is 5.05. The van der Waals surface area contributed by atoms with Crippen LogP contribution >= 0.6 is 0 Å². The molecule has 0 aliphatic rings. The van der Waals surface area contributed by atoms with Gasteiger partial charge in [-0.1, -0.05) is 30.3 Å². The summed E-state index contributed by atoms with van der Waals surface area (Å²) in [5, 5.41) is 20.5. The highest BCUT2D eigenvalue weighted by Gasteiger charge is 2.26. The number of anilines is 1. The van der Waals surface area contributed by atoms with Crippen LogP contribution in [0.2, 0.25) is 0 Å². The molecular formula is C18H23N3O5S. The van der Waals surface area contributed by atoms with Gasteiger partial charge in [-0.2, -0.15) is 0 Å². The first-order valence-electron chi connectivity index (χ1n) is 8.12. The topological polar surface area (TPSA) is 131 Å². The van der Waals surface area contributed by atoms with Crippen LogP contribution in [-0.4, -0.2) is 39.7 Å². The monoisotopic (exact) mass is 393 g/mol. The lowest BCUT2D eigenvalue weighted by molar-refractivity contribution is -0.115. The molecule has 9 heteroatoms. The summed E-state index contributed by atoms with van der Waals surface area (Å²) in [5.41, 5.74) is 0.195. The number of hydrogen-bond donors (Lipinski definition) is 4. The van der Waals surface area contributed by atoms with Gasteiger partial charge in [0.1, 0.15) is 5.75 Å². The molecule has 0 heterocycles. The number of carbonyl (C=O) groups is 1. The Morgan fingerprint density at radius 2 is 1.89 bits per heavy atom. The average Bonchev–Trinajstić information content (AvgIpc) is 2.66. The molecule has 2 aromatic rings. The minimum atomic E-state index is -3.92. The van der Waals surface area contributed by atoms with E-state index in [0.29, 0.717) is 5.75 Å². The molecule has 2 aromatic carbocycles. The first-order valence-corrected chi connectivity index (χ1v) is 9.66. The molecular weight excluding hydrogens is 370 g/mol. The number of rotatable bonds is 8. The quantitative estimate of drug-likeness (QED) is 0.524. The van der Waals surface area contributed by atoms with Gasteiger partial charge in [0.05, 0.1) is 36.4 Å². The zero-order valence-corrected chi connectivity index (χ0v) is 15.9. The van der Waals surface area contributed by atoms with Crippen molar-refractivity contribution < 1.29 is 23.1 Å². The van der Waals surface area contributed by atoms with Gasteiger partial charge < -0.3 is 15.2 Å². The molecule has 1 amide bonds. The van der Waals surface area contributed by atoms with Crippen molar-refractivity contribution in [3.63, 3.8) is 0 Å². The third-order valence-electron chi connectivity index (χ3n) is 4.14. The Bertz CT molecular complexity index is 902. The summed E-state index contributed by atoms with van der Waals surface area (Å²) in [6.45, 7) is 1.45. The van der Waals surface area contributed by atoms with E-state index in [4.69, 9.17) is 9.88 Å². The Kier molecular flexibility index (Phi) is 6.55. The Balaban J connectivity index is 2.13. The molecule has 1 atom stereocenters. The lowest BCUT2D eigenvalue weighted by Crippen LogP contribution is -2.46. The fourth-order valence-electron chi connectivity index (χ4n) is 2.49. The Morgan fingerprint density at radius 1 is 1.22 bits per heavy atom. The fourth-order valence-corrected chi connectivity index (χ4v) is 3.03. The fraction of sp³-hybridized carbons (Fsp3) is 0.278. The summed E-state index contributed by atoms with van der Waals surface area (Å²) in [7, 11) is -2.52.